The number of amides is 1. The predicted molar refractivity (Wildman–Crippen MR) is 147 cm³/mol. The first kappa shape index (κ1) is 24.5. The smallest absolute Gasteiger partial charge is 0.251 e. The van der Waals surface area contributed by atoms with E-state index in [2.05, 4.69) is 68.4 Å². The molecule has 0 atom stereocenters. The van der Waals surface area contributed by atoms with Gasteiger partial charge in [0, 0.05) is 42.4 Å². The first-order valence-electron chi connectivity index (χ1n) is 12.1. The summed E-state index contributed by atoms with van der Waals surface area (Å²) in [7, 11) is 0. The van der Waals surface area contributed by atoms with Crippen molar-refractivity contribution in [2.45, 2.75) is 30.8 Å². The third-order valence-corrected chi connectivity index (χ3v) is 6.95. The zero-order chi connectivity index (χ0) is 25.5. The highest BCUT2D eigenvalue weighted by molar-refractivity contribution is 7.98. The van der Waals surface area contributed by atoms with Gasteiger partial charge in [-0.2, -0.15) is 0 Å². The Labute approximate surface area is 220 Å². The zero-order valence-corrected chi connectivity index (χ0v) is 21.4. The van der Waals surface area contributed by atoms with Crippen LogP contribution in [0.25, 0.3) is 5.69 Å². The SMILES string of the molecule is Cc1cccc(-n2c(Cc3ccccc3)nnc2SCc2ccc(C(=O)NCc3ccncc3)cc2)c1. The van der Waals surface area contributed by atoms with Crippen LogP contribution in [0.4, 0.5) is 0 Å². The third-order valence-electron chi connectivity index (χ3n) is 5.95. The van der Waals surface area contributed by atoms with Gasteiger partial charge in [0.1, 0.15) is 5.82 Å². The standard InChI is InChI=1S/C30H27N5OS/c1-22-6-5-9-27(18-22)35-28(19-23-7-3-2-4-8-23)33-34-30(35)37-21-25-10-12-26(13-11-25)29(36)32-20-24-14-16-31-17-15-24/h2-18H,19-21H2,1H3,(H,32,36). The average molecular weight is 506 g/mol. The molecule has 1 amide bonds. The first-order chi connectivity index (χ1) is 18.2. The van der Waals surface area contributed by atoms with Crippen molar-refractivity contribution in [2.75, 3.05) is 0 Å². The Kier molecular flexibility index (Phi) is 7.72. The fourth-order valence-electron chi connectivity index (χ4n) is 4.00. The number of carbonyl (C=O) groups excluding carboxylic acids is 1. The van der Waals surface area contributed by atoms with Gasteiger partial charge in [-0.25, -0.2) is 0 Å². The number of rotatable bonds is 9. The number of hydrogen-bond donors (Lipinski definition) is 1. The molecule has 7 heteroatoms. The minimum absolute atomic E-state index is 0.0965. The van der Waals surface area contributed by atoms with E-state index in [-0.39, 0.29) is 5.91 Å². The normalized spacial score (nSPS) is 10.8. The highest BCUT2D eigenvalue weighted by Crippen LogP contribution is 2.27. The lowest BCUT2D eigenvalue weighted by molar-refractivity contribution is 0.0951. The molecule has 5 aromatic rings. The van der Waals surface area contributed by atoms with Crippen LogP contribution in [0.3, 0.4) is 0 Å². The van der Waals surface area contributed by atoms with Gasteiger partial charge >= 0.3 is 0 Å². The van der Waals surface area contributed by atoms with Gasteiger partial charge in [0.05, 0.1) is 0 Å². The van der Waals surface area contributed by atoms with Gasteiger partial charge in [-0.3, -0.25) is 14.3 Å². The lowest BCUT2D eigenvalue weighted by Gasteiger charge is -2.11. The minimum Gasteiger partial charge on any atom is -0.348 e. The monoisotopic (exact) mass is 505 g/mol. The number of nitrogens with one attached hydrogen (secondary N) is 1. The molecule has 0 saturated heterocycles. The zero-order valence-electron chi connectivity index (χ0n) is 20.5. The molecule has 3 aromatic carbocycles. The lowest BCUT2D eigenvalue weighted by Crippen LogP contribution is -2.22. The van der Waals surface area contributed by atoms with Crippen molar-refractivity contribution < 1.29 is 4.79 Å². The molecular weight excluding hydrogens is 478 g/mol. The topological polar surface area (TPSA) is 72.7 Å². The molecule has 0 unspecified atom stereocenters. The Bertz CT molecular complexity index is 1470. The van der Waals surface area contributed by atoms with Gasteiger partial charge in [-0.1, -0.05) is 66.4 Å². The van der Waals surface area contributed by atoms with Crippen molar-refractivity contribution in [1.29, 1.82) is 0 Å². The highest BCUT2D eigenvalue weighted by atomic mass is 32.2. The molecule has 0 fully saturated rings. The Balaban J connectivity index is 1.29. The van der Waals surface area contributed by atoms with Gasteiger partial charge < -0.3 is 5.32 Å². The molecule has 184 valence electrons. The Morgan fingerprint density at radius 1 is 0.838 bits per heavy atom. The molecule has 0 aliphatic carbocycles. The number of hydrogen-bond acceptors (Lipinski definition) is 5. The molecule has 0 saturated carbocycles. The van der Waals surface area contributed by atoms with Gasteiger partial charge in [0.15, 0.2) is 5.16 Å². The van der Waals surface area contributed by atoms with Crippen molar-refractivity contribution in [2.24, 2.45) is 0 Å². The summed E-state index contributed by atoms with van der Waals surface area (Å²) in [5, 5.41) is 12.9. The fourth-order valence-corrected chi connectivity index (χ4v) is 4.93. The summed E-state index contributed by atoms with van der Waals surface area (Å²) in [6.07, 6.45) is 4.14. The summed E-state index contributed by atoms with van der Waals surface area (Å²) in [5.41, 5.74) is 6.19. The molecule has 0 bridgehead atoms. The number of aromatic nitrogens is 4. The number of benzene rings is 3. The number of aryl methyl sites for hydroxylation is 1. The summed E-state index contributed by atoms with van der Waals surface area (Å²) in [5.74, 6) is 1.52. The van der Waals surface area contributed by atoms with Crippen LogP contribution in [0.15, 0.2) is 109 Å². The van der Waals surface area contributed by atoms with Crippen LogP contribution < -0.4 is 5.32 Å². The van der Waals surface area contributed by atoms with E-state index in [0.717, 1.165) is 27.8 Å². The Morgan fingerprint density at radius 3 is 2.38 bits per heavy atom. The maximum atomic E-state index is 12.5. The molecule has 37 heavy (non-hydrogen) atoms. The maximum Gasteiger partial charge on any atom is 0.251 e. The van der Waals surface area contributed by atoms with Crippen molar-refractivity contribution in [1.82, 2.24) is 25.1 Å². The van der Waals surface area contributed by atoms with Crippen molar-refractivity contribution in [3.05, 3.63) is 137 Å². The molecule has 0 spiro atoms. The molecule has 5 rings (SSSR count). The largest absolute Gasteiger partial charge is 0.348 e. The van der Waals surface area contributed by atoms with Crippen LogP contribution in [0.1, 0.15) is 38.4 Å². The maximum absolute atomic E-state index is 12.5. The Hall–Kier alpha value is -4.23. The lowest BCUT2D eigenvalue weighted by atomic mass is 10.1. The molecular formula is C30H27N5OS. The van der Waals surface area contributed by atoms with Gasteiger partial charge in [0.2, 0.25) is 0 Å². The summed E-state index contributed by atoms with van der Waals surface area (Å²) >= 11 is 1.64. The summed E-state index contributed by atoms with van der Waals surface area (Å²) in [6.45, 7) is 2.56. The van der Waals surface area contributed by atoms with E-state index in [1.165, 1.54) is 11.1 Å². The molecule has 2 heterocycles. The Morgan fingerprint density at radius 2 is 1.62 bits per heavy atom. The summed E-state index contributed by atoms with van der Waals surface area (Å²) < 4.78 is 2.14. The average Bonchev–Trinajstić information content (AvgIpc) is 3.34. The van der Waals surface area contributed by atoms with Crippen molar-refractivity contribution in [3.8, 4) is 5.69 Å². The number of thioether (sulfide) groups is 1. The second-order valence-electron chi connectivity index (χ2n) is 8.76. The molecule has 0 radical (unpaired) electrons. The van der Waals surface area contributed by atoms with Crippen LogP contribution in [0.2, 0.25) is 0 Å². The summed E-state index contributed by atoms with van der Waals surface area (Å²) in [6, 6.07) is 30.2. The second-order valence-corrected chi connectivity index (χ2v) is 9.70. The van der Waals surface area contributed by atoms with Crippen LogP contribution >= 0.6 is 11.8 Å². The van der Waals surface area contributed by atoms with Crippen molar-refractivity contribution >= 4 is 17.7 Å². The first-order valence-corrected chi connectivity index (χ1v) is 13.1. The van der Waals surface area contributed by atoms with E-state index in [1.807, 2.05) is 54.6 Å². The van der Waals surface area contributed by atoms with E-state index in [9.17, 15) is 4.79 Å². The van der Waals surface area contributed by atoms with E-state index in [4.69, 9.17) is 0 Å². The molecule has 2 aromatic heterocycles. The van der Waals surface area contributed by atoms with E-state index in [0.29, 0.717) is 24.3 Å². The number of pyridine rings is 1. The molecule has 1 N–H and O–H groups in total. The highest BCUT2D eigenvalue weighted by Gasteiger charge is 2.16. The molecule has 0 aliphatic heterocycles. The van der Waals surface area contributed by atoms with Crippen LogP contribution in [0, 0.1) is 6.92 Å². The van der Waals surface area contributed by atoms with Crippen LogP contribution in [0.5, 0.6) is 0 Å². The van der Waals surface area contributed by atoms with Crippen LogP contribution in [-0.2, 0) is 18.7 Å². The number of nitrogens with zero attached hydrogens (tertiary/aromatic N) is 4. The van der Waals surface area contributed by atoms with Gasteiger partial charge in [0.25, 0.3) is 5.91 Å². The quantitative estimate of drug-likeness (QED) is 0.257. The minimum atomic E-state index is -0.0965. The van der Waals surface area contributed by atoms with E-state index < -0.39 is 0 Å². The second kappa shape index (κ2) is 11.7. The van der Waals surface area contributed by atoms with Crippen molar-refractivity contribution in [3.63, 3.8) is 0 Å². The molecule has 6 nitrogen and oxygen atoms in total. The third kappa shape index (κ3) is 6.32. The summed E-state index contributed by atoms with van der Waals surface area (Å²) in [4.78, 5) is 16.5. The number of carbonyl (C=O) groups is 1. The predicted octanol–water partition coefficient (Wildman–Crippen LogP) is 5.78. The van der Waals surface area contributed by atoms with Gasteiger partial charge in [-0.05, 0) is 65.6 Å². The fraction of sp³-hybridized carbons (Fsp3) is 0.133. The molecule has 0 aliphatic rings. The van der Waals surface area contributed by atoms with Crippen LogP contribution in [-0.4, -0.2) is 25.7 Å². The van der Waals surface area contributed by atoms with Gasteiger partial charge in [-0.15, -0.1) is 10.2 Å². The van der Waals surface area contributed by atoms with E-state index in [1.54, 1.807) is 24.2 Å². The van der Waals surface area contributed by atoms with E-state index >= 15 is 0 Å².